The van der Waals surface area contributed by atoms with Crippen LogP contribution >= 0.6 is 24.8 Å². The second kappa shape index (κ2) is 8.12. The molecule has 3 rings (SSSR count). The van der Waals surface area contributed by atoms with Crippen LogP contribution in [0.3, 0.4) is 0 Å². The summed E-state index contributed by atoms with van der Waals surface area (Å²) in [4.78, 5) is 16.4. The number of nitrogens with zero attached hydrogens (tertiary/aromatic N) is 3. The highest BCUT2D eigenvalue weighted by atomic mass is 35.5. The van der Waals surface area contributed by atoms with Crippen molar-refractivity contribution < 1.29 is 4.79 Å². The number of halogens is 2. The van der Waals surface area contributed by atoms with Crippen LogP contribution in [0.4, 0.5) is 5.69 Å². The maximum absolute atomic E-state index is 12.1. The van der Waals surface area contributed by atoms with Crippen molar-refractivity contribution in [2.45, 2.75) is 25.3 Å². The SMILES string of the molecule is Cl.Cl.NC1CCCC1C(=O)Nc1ccc(-n2cccn2)nc1. The zero-order chi connectivity index (χ0) is 13.9. The summed E-state index contributed by atoms with van der Waals surface area (Å²) in [5.41, 5.74) is 6.62. The molecular weight excluding hydrogens is 325 g/mol. The van der Waals surface area contributed by atoms with Crippen molar-refractivity contribution in [1.82, 2.24) is 14.8 Å². The molecule has 1 aliphatic carbocycles. The number of carbonyl (C=O) groups excluding carboxylic acids is 1. The first-order valence-corrected chi connectivity index (χ1v) is 6.76. The lowest BCUT2D eigenvalue weighted by Crippen LogP contribution is -2.34. The van der Waals surface area contributed by atoms with E-state index >= 15 is 0 Å². The van der Waals surface area contributed by atoms with Gasteiger partial charge in [-0.15, -0.1) is 24.8 Å². The Balaban J connectivity index is 0.00000121. The molecule has 0 aliphatic heterocycles. The normalized spacial score (nSPS) is 19.9. The number of nitrogens with two attached hydrogens (primary N) is 1. The van der Waals surface area contributed by atoms with Crippen molar-refractivity contribution >= 4 is 36.4 Å². The summed E-state index contributed by atoms with van der Waals surface area (Å²) in [7, 11) is 0. The van der Waals surface area contributed by atoms with Crippen LogP contribution in [0.25, 0.3) is 5.82 Å². The van der Waals surface area contributed by atoms with E-state index in [0.717, 1.165) is 19.3 Å². The number of rotatable bonds is 3. The van der Waals surface area contributed by atoms with Gasteiger partial charge in [0.15, 0.2) is 5.82 Å². The summed E-state index contributed by atoms with van der Waals surface area (Å²) >= 11 is 0. The Morgan fingerprint density at radius 1 is 1.32 bits per heavy atom. The Hall–Kier alpha value is -1.63. The molecule has 0 aromatic carbocycles. The molecule has 1 fully saturated rings. The van der Waals surface area contributed by atoms with Crippen LogP contribution in [0, 0.1) is 5.92 Å². The molecule has 0 radical (unpaired) electrons. The van der Waals surface area contributed by atoms with Gasteiger partial charge in [0, 0.05) is 18.4 Å². The molecule has 1 amide bonds. The third-order valence-electron chi connectivity index (χ3n) is 3.66. The predicted octanol–water partition coefficient (Wildman–Crippen LogP) is 2.18. The first-order chi connectivity index (χ1) is 9.74. The molecular formula is C14H19Cl2N5O. The summed E-state index contributed by atoms with van der Waals surface area (Å²) in [5.74, 6) is 0.620. The van der Waals surface area contributed by atoms with E-state index in [2.05, 4.69) is 15.4 Å². The smallest absolute Gasteiger partial charge is 0.229 e. The largest absolute Gasteiger partial charge is 0.327 e. The number of pyridine rings is 1. The van der Waals surface area contributed by atoms with E-state index in [-0.39, 0.29) is 42.7 Å². The maximum atomic E-state index is 12.1. The Kier molecular flexibility index (Phi) is 6.80. The van der Waals surface area contributed by atoms with Gasteiger partial charge in [0.05, 0.1) is 17.8 Å². The maximum Gasteiger partial charge on any atom is 0.229 e. The first-order valence-electron chi connectivity index (χ1n) is 6.76. The summed E-state index contributed by atoms with van der Waals surface area (Å²) in [5, 5.41) is 6.98. The van der Waals surface area contributed by atoms with Crippen molar-refractivity contribution in [1.29, 1.82) is 0 Å². The van der Waals surface area contributed by atoms with Crippen LogP contribution in [-0.2, 0) is 4.79 Å². The van der Waals surface area contributed by atoms with Crippen molar-refractivity contribution in [3.05, 3.63) is 36.8 Å². The zero-order valence-corrected chi connectivity index (χ0v) is 13.5. The van der Waals surface area contributed by atoms with Crippen molar-refractivity contribution in [3.63, 3.8) is 0 Å². The van der Waals surface area contributed by atoms with Crippen molar-refractivity contribution in [2.24, 2.45) is 11.7 Å². The fourth-order valence-electron chi connectivity index (χ4n) is 2.55. The highest BCUT2D eigenvalue weighted by Crippen LogP contribution is 2.25. The van der Waals surface area contributed by atoms with Crippen LogP contribution < -0.4 is 11.1 Å². The molecule has 2 atom stereocenters. The van der Waals surface area contributed by atoms with E-state index in [1.807, 2.05) is 24.4 Å². The van der Waals surface area contributed by atoms with Crippen molar-refractivity contribution in [3.8, 4) is 5.82 Å². The predicted molar refractivity (Wildman–Crippen MR) is 89.8 cm³/mol. The topological polar surface area (TPSA) is 85.8 Å². The number of carbonyl (C=O) groups is 1. The van der Waals surface area contributed by atoms with Gasteiger partial charge >= 0.3 is 0 Å². The lowest BCUT2D eigenvalue weighted by molar-refractivity contribution is -0.120. The standard InChI is InChI=1S/C14H17N5O.2ClH/c15-12-4-1-3-11(12)14(20)18-10-5-6-13(16-9-10)19-8-2-7-17-19;;/h2,5-9,11-12H,1,3-4,15H2,(H,18,20);2*1H. The molecule has 120 valence electrons. The van der Waals surface area contributed by atoms with E-state index in [1.165, 1.54) is 0 Å². The summed E-state index contributed by atoms with van der Waals surface area (Å²) in [6.45, 7) is 0. The average molecular weight is 344 g/mol. The monoisotopic (exact) mass is 343 g/mol. The van der Waals surface area contributed by atoms with Gasteiger partial charge < -0.3 is 11.1 Å². The molecule has 8 heteroatoms. The number of hydrogen-bond acceptors (Lipinski definition) is 4. The molecule has 0 bridgehead atoms. The van der Waals surface area contributed by atoms with E-state index < -0.39 is 0 Å². The van der Waals surface area contributed by atoms with Gasteiger partial charge in [-0.1, -0.05) is 6.42 Å². The van der Waals surface area contributed by atoms with Crippen LogP contribution in [-0.4, -0.2) is 26.7 Å². The average Bonchev–Trinajstić information content (AvgIpc) is 3.10. The van der Waals surface area contributed by atoms with Gasteiger partial charge in [0.1, 0.15) is 0 Å². The van der Waals surface area contributed by atoms with Gasteiger partial charge in [0.2, 0.25) is 5.91 Å². The number of amides is 1. The molecule has 2 aromatic heterocycles. The second-order valence-electron chi connectivity index (χ2n) is 5.05. The second-order valence-corrected chi connectivity index (χ2v) is 5.05. The Bertz CT molecular complexity index is 588. The first kappa shape index (κ1) is 18.4. The van der Waals surface area contributed by atoms with Gasteiger partial charge in [-0.2, -0.15) is 5.10 Å². The summed E-state index contributed by atoms with van der Waals surface area (Å²) < 4.78 is 1.67. The molecule has 2 unspecified atom stereocenters. The quantitative estimate of drug-likeness (QED) is 0.894. The van der Waals surface area contributed by atoms with Crippen LogP contribution in [0.5, 0.6) is 0 Å². The van der Waals surface area contributed by atoms with Gasteiger partial charge in [-0.05, 0) is 31.0 Å². The van der Waals surface area contributed by atoms with Crippen LogP contribution in [0.2, 0.25) is 0 Å². The molecule has 0 spiro atoms. The van der Waals surface area contributed by atoms with E-state index in [0.29, 0.717) is 11.5 Å². The summed E-state index contributed by atoms with van der Waals surface area (Å²) in [6.07, 6.45) is 7.96. The molecule has 1 saturated carbocycles. The number of hydrogen-bond donors (Lipinski definition) is 2. The fourth-order valence-corrected chi connectivity index (χ4v) is 2.55. The van der Waals surface area contributed by atoms with Crippen molar-refractivity contribution in [2.75, 3.05) is 5.32 Å². The third kappa shape index (κ3) is 3.97. The van der Waals surface area contributed by atoms with Crippen LogP contribution in [0.1, 0.15) is 19.3 Å². The Morgan fingerprint density at radius 2 is 2.14 bits per heavy atom. The van der Waals surface area contributed by atoms with Gasteiger partial charge in [-0.3, -0.25) is 4.79 Å². The molecule has 2 heterocycles. The molecule has 22 heavy (non-hydrogen) atoms. The molecule has 0 saturated heterocycles. The highest BCUT2D eigenvalue weighted by molar-refractivity contribution is 5.93. The Labute approximate surface area is 141 Å². The lowest BCUT2D eigenvalue weighted by Gasteiger charge is -2.15. The Morgan fingerprint density at radius 3 is 2.68 bits per heavy atom. The third-order valence-corrected chi connectivity index (χ3v) is 3.66. The summed E-state index contributed by atoms with van der Waals surface area (Å²) in [6, 6.07) is 5.45. The number of aromatic nitrogens is 3. The number of nitrogens with one attached hydrogen (secondary N) is 1. The minimum atomic E-state index is -0.0826. The molecule has 2 aromatic rings. The van der Waals surface area contributed by atoms with Gasteiger partial charge in [0.25, 0.3) is 0 Å². The minimum absolute atomic E-state index is 0. The van der Waals surface area contributed by atoms with E-state index in [4.69, 9.17) is 5.73 Å². The lowest BCUT2D eigenvalue weighted by atomic mass is 10.0. The van der Waals surface area contributed by atoms with Gasteiger partial charge in [-0.25, -0.2) is 9.67 Å². The zero-order valence-electron chi connectivity index (χ0n) is 11.9. The highest BCUT2D eigenvalue weighted by Gasteiger charge is 2.30. The van der Waals surface area contributed by atoms with E-state index in [1.54, 1.807) is 17.1 Å². The molecule has 6 nitrogen and oxygen atoms in total. The fraction of sp³-hybridized carbons (Fsp3) is 0.357. The minimum Gasteiger partial charge on any atom is -0.327 e. The molecule has 3 N–H and O–H groups in total. The molecule has 1 aliphatic rings. The van der Waals surface area contributed by atoms with E-state index in [9.17, 15) is 4.79 Å². The van der Waals surface area contributed by atoms with Crippen LogP contribution in [0.15, 0.2) is 36.8 Å². The number of anilines is 1.